The Morgan fingerprint density at radius 1 is 1.12 bits per heavy atom. The number of nitrogens with zero attached hydrogens (tertiary/aromatic N) is 1. The van der Waals surface area contributed by atoms with Crippen molar-refractivity contribution < 1.29 is 14.3 Å². The number of rotatable bonds is 6. The lowest BCUT2D eigenvalue weighted by Gasteiger charge is -2.27. The Hall–Kier alpha value is -2.82. The molecule has 5 heteroatoms. The van der Waals surface area contributed by atoms with E-state index in [2.05, 4.69) is 44.1 Å². The van der Waals surface area contributed by atoms with Crippen LogP contribution in [0.15, 0.2) is 64.6 Å². The summed E-state index contributed by atoms with van der Waals surface area (Å²) in [6.45, 7) is 8.97. The second-order valence-corrected chi connectivity index (χ2v) is 9.41. The van der Waals surface area contributed by atoms with E-state index in [-0.39, 0.29) is 16.7 Å². The van der Waals surface area contributed by atoms with Gasteiger partial charge in [0.2, 0.25) is 5.91 Å². The largest absolute Gasteiger partial charge is 0.497 e. The van der Waals surface area contributed by atoms with Crippen molar-refractivity contribution in [3.8, 4) is 5.75 Å². The number of hydrogen-bond acceptors (Lipinski definition) is 4. The predicted molar refractivity (Wildman–Crippen MR) is 131 cm³/mol. The van der Waals surface area contributed by atoms with E-state index in [9.17, 15) is 4.79 Å². The first-order valence-electron chi connectivity index (χ1n) is 11.5. The van der Waals surface area contributed by atoms with Gasteiger partial charge in [0.1, 0.15) is 17.3 Å². The summed E-state index contributed by atoms with van der Waals surface area (Å²) < 4.78 is 11.9. The Bertz CT molecular complexity index is 930. The van der Waals surface area contributed by atoms with E-state index >= 15 is 0 Å². The van der Waals surface area contributed by atoms with Crippen LogP contribution in [-0.2, 0) is 9.53 Å². The summed E-state index contributed by atoms with van der Waals surface area (Å²) in [5.41, 5.74) is 1.30. The topological polar surface area (TPSA) is 59.9 Å². The van der Waals surface area contributed by atoms with E-state index < -0.39 is 0 Å². The lowest BCUT2D eigenvalue weighted by Crippen LogP contribution is -2.30. The lowest BCUT2D eigenvalue weighted by atomic mass is 9.86. The molecule has 0 spiro atoms. The van der Waals surface area contributed by atoms with Crippen molar-refractivity contribution in [3.05, 3.63) is 59.6 Å². The molecule has 1 aromatic rings. The molecule has 1 aromatic carbocycles. The molecule has 1 heterocycles. The van der Waals surface area contributed by atoms with E-state index in [1.807, 2.05) is 36.4 Å². The molecule has 5 nitrogen and oxygen atoms in total. The summed E-state index contributed by atoms with van der Waals surface area (Å²) in [5.74, 6) is 2.47. The van der Waals surface area contributed by atoms with Crippen LogP contribution < -0.4 is 10.1 Å². The van der Waals surface area contributed by atoms with E-state index in [0.29, 0.717) is 12.3 Å². The number of allylic oxidation sites excluding steroid dienone is 3. The van der Waals surface area contributed by atoms with Gasteiger partial charge in [0.25, 0.3) is 0 Å². The molecule has 32 heavy (non-hydrogen) atoms. The first kappa shape index (κ1) is 23.8. The Kier molecular flexibility index (Phi) is 7.60. The van der Waals surface area contributed by atoms with Gasteiger partial charge in [0, 0.05) is 22.7 Å². The standard InChI is InChI=1S/C27H36N2O3/c1-6-20-19-26(2,3)24(14-18-28-17-13-23(20)31-5)32-22-11-9-21(10-12-22)29-25(30)27(4)15-7-8-16-27/h9-14,18-19H,6-8,15-17H2,1-5H3,(H,29,30)/b20-19-,23-13+,24-14+,28-18-. The van der Waals surface area contributed by atoms with Crippen molar-refractivity contribution in [1.29, 1.82) is 0 Å². The molecular weight excluding hydrogens is 400 g/mol. The molecule has 1 amide bonds. The number of amides is 1. The average molecular weight is 437 g/mol. The Morgan fingerprint density at radius 3 is 2.44 bits per heavy atom. The number of carbonyl (C=O) groups excluding carboxylic acids is 1. The lowest BCUT2D eigenvalue weighted by molar-refractivity contribution is -0.124. The van der Waals surface area contributed by atoms with Crippen molar-refractivity contribution in [2.24, 2.45) is 15.8 Å². The minimum absolute atomic E-state index is 0.107. The molecule has 1 N–H and O–H groups in total. The van der Waals surface area contributed by atoms with Gasteiger partial charge in [-0.15, -0.1) is 0 Å². The van der Waals surface area contributed by atoms with Crippen LogP contribution in [0.5, 0.6) is 5.75 Å². The number of methoxy groups -OCH3 is 1. The Morgan fingerprint density at radius 2 is 1.81 bits per heavy atom. The first-order chi connectivity index (χ1) is 15.3. The van der Waals surface area contributed by atoms with E-state index in [0.717, 1.165) is 54.9 Å². The molecule has 172 valence electrons. The fourth-order valence-corrected chi connectivity index (χ4v) is 4.29. The van der Waals surface area contributed by atoms with Gasteiger partial charge in [0.15, 0.2) is 0 Å². The van der Waals surface area contributed by atoms with Crippen molar-refractivity contribution in [3.63, 3.8) is 0 Å². The molecule has 3 rings (SSSR count). The summed E-state index contributed by atoms with van der Waals surface area (Å²) in [6, 6.07) is 7.58. The molecule has 1 aliphatic heterocycles. The predicted octanol–water partition coefficient (Wildman–Crippen LogP) is 6.45. The summed E-state index contributed by atoms with van der Waals surface area (Å²) in [5, 5.41) is 3.07. The van der Waals surface area contributed by atoms with E-state index in [1.165, 1.54) is 0 Å². The fraction of sp³-hybridized carbons (Fsp3) is 0.481. The summed E-state index contributed by atoms with van der Waals surface area (Å²) in [7, 11) is 1.69. The number of carbonyl (C=O) groups is 1. The van der Waals surface area contributed by atoms with Crippen molar-refractivity contribution in [2.75, 3.05) is 19.0 Å². The number of ether oxygens (including phenoxy) is 2. The molecule has 0 atom stereocenters. The van der Waals surface area contributed by atoms with E-state index in [4.69, 9.17) is 9.47 Å². The molecule has 0 bridgehead atoms. The number of benzene rings is 1. The SMILES string of the molecule is CCC1=C/C(C)(C)/C(Oc2ccc(NC(=O)C3(C)CCCC3)cc2)=C\C=N/C/C=C\1OC. The molecule has 0 radical (unpaired) electrons. The minimum Gasteiger partial charge on any atom is -0.497 e. The highest BCUT2D eigenvalue weighted by Gasteiger charge is 2.36. The molecule has 0 saturated heterocycles. The normalized spacial score (nSPS) is 25.8. The van der Waals surface area contributed by atoms with Crippen LogP contribution in [0.25, 0.3) is 0 Å². The number of hydrogen-bond donors (Lipinski definition) is 1. The highest BCUT2D eigenvalue weighted by atomic mass is 16.5. The van der Waals surface area contributed by atoms with Gasteiger partial charge < -0.3 is 14.8 Å². The third-order valence-electron chi connectivity index (χ3n) is 6.40. The van der Waals surface area contributed by atoms with Gasteiger partial charge in [-0.2, -0.15) is 0 Å². The number of anilines is 1. The zero-order chi connectivity index (χ0) is 23.2. The number of nitrogens with one attached hydrogen (secondary N) is 1. The van der Waals surface area contributed by atoms with Crippen molar-refractivity contribution >= 4 is 17.8 Å². The second-order valence-electron chi connectivity index (χ2n) is 9.41. The van der Waals surface area contributed by atoms with Crippen LogP contribution in [-0.4, -0.2) is 25.8 Å². The van der Waals surface area contributed by atoms with Crippen LogP contribution in [0.2, 0.25) is 0 Å². The molecule has 1 fully saturated rings. The molecule has 2 aliphatic rings. The molecule has 0 aromatic heterocycles. The molecular formula is C27H36N2O3. The fourth-order valence-electron chi connectivity index (χ4n) is 4.29. The maximum Gasteiger partial charge on any atom is 0.230 e. The van der Waals surface area contributed by atoms with Gasteiger partial charge in [-0.05, 0) is 75.1 Å². The highest BCUT2D eigenvalue weighted by Crippen LogP contribution is 2.39. The van der Waals surface area contributed by atoms with E-state index in [1.54, 1.807) is 13.3 Å². The zero-order valence-corrected chi connectivity index (χ0v) is 20.0. The van der Waals surface area contributed by atoms with Gasteiger partial charge in [-0.1, -0.05) is 32.8 Å². The highest BCUT2D eigenvalue weighted by molar-refractivity contribution is 5.95. The molecule has 1 aliphatic carbocycles. The summed E-state index contributed by atoms with van der Waals surface area (Å²) in [4.78, 5) is 17.1. The average Bonchev–Trinajstić information content (AvgIpc) is 3.22. The van der Waals surface area contributed by atoms with Gasteiger partial charge >= 0.3 is 0 Å². The smallest absolute Gasteiger partial charge is 0.230 e. The quantitative estimate of drug-likeness (QED) is 0.558. The van der Waals surface area contributed by atoms with Crippen LogP contribution in [0.1, 0.15) is 59.8 Å². The first-order valence-corrected chi connectivity index (χ1v) is 11.5. The van der Waals surface area contributed by atoms with Gasteiger partial charge in [-0.3, -0.25) is 9.79 Å². The number of aliphatic imine (C=N–C) groups is 1. The molecule has 1 saturated carbocycles. The maximum atomic E-state index is 12.7. The Balaban J connectivity index is 1.77. The third kappa shape index (κ3) is 5.70. The monoisotopic (exact) mass is 436 g/mol. The van der Waals surface area contributed by atoms with Crippen LogP contribution in [0, 0.1) is 10.8 Å². The van der Waals surface area contributed by atoms with Crippen molar-refractivity contribution in [1.82, 2.24) is 0 Å². The van der Waals surface area contributed by atoms with Gasteiger partial charge in [0.05, 0.1) is 13.7 Å². The third-order valence-corrected chi connectivity index (χ3v) is 6.40. The Labute approximate surface area is 192 Å². The second kappa shape index (κ2) is 10.2. The van der Waals surface area contributed by atoms with Crippen LogP contribution >= 0.6 is 0 Å². The van der Waals surface area contributed by atoms with Crippen LogP contribution in [0.3, 0.4) is 0 Å². The van der Waals surface area contributed by atoms with Gasteiger partial charge in [-0.25, -0.2) is 0 Å². The summed E-state index contributed by atoms with van der Waals surface area (Å²) in [6.07, 6.45) is 12.9. The van der Waals surface area contributed by atoms with Crippen LogP contribution in [0.4, 0.5) is 5.69 Å². The maximum absolute atomic E-state index is 12.7. The van der Waals surface area contributed by atoms with Crippen molar-refractivity contribution in [2.45, 2.75) is 59.8 Å². The zero-order valence-electron chi connectivity index (χ0n) is 20.0. The molecule has 0 unspecified atom stereocenters. The minimum atomic E-state index is -0.365. The summed E-state index contributed by atoms with van der Waals surface area (Å²) >= 11 is 0.